The first-order chi connectivity index (χ1) is 37.8. The molecule has 15 aromatic rings. The van der Waals surface area contributed by atoms with E-state index in [1.165, 1.54) is 11.1 Å². The van der Waals surface area contributed by atoms with E-state index in [4.69, 9.17) is 13.3 Å². The van der Waals surface area contributed by atoms with Gasteiger partial charge in [0.25, 0.3) is 0 Å². The molecule has 3 heterocycles. The highest BCUT2D eigenvalue weighted by atomic mass is 16.3. The molecule has 0 fully saturated rings. The predicted molar refractivity (Wildman–Crippen MR) is 322 cm³/mol. The third-order valence-electron chi connectivity index (χ3n) is 15.7. The van der Waals surface area contributed by atoms with Crippen LogP contribution in [0.15, 0.2) is 244 Å². The van der Waals surface area contributed by atoms with Crippen molar-refractivity contribution >= 4 is 121 Å². The van der Waals surface area contributed by atoms with Crippen LogP contribution in [-0.4, -0.2) is 0 Å². The van der Waals surface area contributed by atoms with Crippen LogP contribution in [0.1, 0.15) is 22.3 Å². The summed E-state index contributed by atoms with van der Waals surface area (Å²) in [7, 11) is 0. The van der Waals surface area contributed by atoms with E-state index in [1.54, 1.807) is 0 Å². The summed E-state index contributed by atoms with van der Waals surface area (Å²) >= 11 is 0. The number of nitrogens with zero attached hydrogens (tertiary/aromatic N) is 2. The average molecular weight is 991 g/mol. The molecule has 0 unspecified atom stereocenters. The summed E-state index contributed by atoms with van der Waals surface area (Å²) in [6.07, 6.45) is 0. The van der Waals surface area contributed by atoms with Gasteiger partial charge in [0.15, 0.2) is 11.2 Å². The minimum atomic E-state index is 0.791. The third kappa shape index (κ3) is 7.01. The lowest BCUT2D eigenvalue weighted by atomic mass is 9.96. The van der Waals surface area contributed by atoms with E-state index < -0.39 is 0 Å². The lowest BCUT2D eigenvalue weighted by Crippen LogP contribution is -2.12. The molecule has 0 saturated carbocycles. The number of aryl methyl sites for hydroxylation is 4. The minimum Gasteiger partial charge on any atom is -0.456 e. The zero-order chi connectivity index (χ0) is 51.5. The van der Waals surface area contributed by atoms with Gasteiger partial charge in [0.1, 0.15) is 22.3 Å². The SMILES string of the molecule is Cc1cc(C)cc(N(c2cc3oc4cc(N(c5cc(C)ccc5C)c5cccc6c5oc5c(-c7ccccc7)cccc56)c5ccccc5c4c3c3ccccc23)c2cccc3c2oc2c(-c4ccccc4)cccc23)c1. The van der Waals surface area contributed by atoms with Gasteiger partial charge in [0, 0.05) is 77.7 Å². The Balaban J connectivity index is 1.000. The van der Waals surface area contributed by atoms with Crippen molar-refractivity contribution in [2.24, 2.45) is 0 Å². The molecule has 77 heavy (non-hydrogen) atoms. The predicted octanol–water partition coefficient (Wildman–Crippen LogP) is 21.2. The number of para-hydroxylation sites is 4. The summed E-state index contributed by atoms with van der Waals surface area (Å²) in [5, 5.41) is 10.8. The van der Waals surface area contributed by atoms with Crippen LogP contribution in [0.3, 0.4) is 0 Å². The van der Waals surface area contributed by atoms with Crippen LogP contribution in [-0.2, 0) is 0 Å². The van der Waals surface area contributed by atoms with Crippen molar-refractivity contribution in [3.63, 3.8) is 0 Å². The first-order valence-corrected chi connectivity index (χ1v) is 26.4. The van der Waals surface area contributed by atoms with E-state index in [2.05, 4.69) is 268 Å². The van der Waals surface area contributed by atoms with E-state index in [9.17, 15) is 0 Å². The molecular weight excluding hydrogens is 941 g/mol. The lowest BCUT2D eigenvalue weighted by Gasteiger charge is -2.28. The molecule has 12 aromatic carbocycles. The van der Waals surface area contributed by atoms with Gasteiger partial charge in [-0.3, -0.25) is 0 Å². The molecule has 0 radical (unpaired) electrons. The standard InChI is InChI=1S/C72H50N2O3/c1-43-35-36-46(4)62(40-43)74(61-34-18-32-59-57-30-16-28-51(70(57)77-72(59)61)48-21-9-6-10-22-48)64-42-66-68(55-26-14-12-24-53(55)64)67-54-25-13-11-23-52(54)63(41-65(67)75-66)73(49-38-44(2)37-45(3)39-49)60-33-17-31-58-56-29-15-27-50(69(56)76-71(58)60)47-19-7-5-8-20-47/h5-42H,1-4H3. The van der Waals surface area contributed by atoms with Crippen LogP contribution in [0.25, 0.3) is 110 Å². The zero-order valence-corrected chi connectivity index (χ0v) is 43.1. The summed E-state index contributed by atoms with van der Waals surface area (Å²) < 4.78 is 21.7. The molecule has 0 N–H and O–H groups in total. The maximum absolute atomic E-state index is 7.40. The van der Waals surface area contributed by atoms with Crippen molar-refractivity contribution in [1.82, 2.24) is 0 Å². The summed E-state index contributed by atoms with van der Waals surface area (Å²) in [6, 6.07) is 82.6. The quantitative estimate of drug-likeness (QED) is 0.152. The van der Waals surface area contributed by atoms with Crippen LogP contribution >= 0.6 is 0 Å². The smallest absolute Gasteiger partial charge is 0.159 e. The molecule has 5 heteroatoms. The van der Waals surface area contributed by atoms with Gasteiger partial charge in [-0.25, -0.2) is 0 Å². The molecule has 0 aliphatic rings. The Hall–Kier alpha value is -9.84. The Kier molecular flexibility index (Phi) is 10.1. The number of anilines is 6. The summed E-state index contributed by atoms with van der Waals surface area (Å²) in [5.74, 6) is 0. The van der Waals surface area contributed by atoms with Crippen molar-refractivity contribution in [1.29, 1.82) is 0 Å². The van der Waals surface area contributed by atoms with Crippen molar-refractivity contribution in [3.05, 3.63) is 253 Å². The van der Waals surface area contributed by atoms with Gasteiger partial charge >= 0.3 is 0 Å². The Bertz CT molecular complexity index is 4850. The second-order valence-electron chi connectivity index (χ2n) is 20.6. The number of hydrogen-bond acceptors (Lipinski definition) is 5. The van der Waals surface area contributed by atoms with Crippen LogP contribution < -0.4 is 9.80 Å². The molecule has 15 rings (SSSR count). The normalized spacial score (nSPS) is 11.9. The first-order valence-electron chi connectivity index (χ1n) is 26.4. The molecule has 0 bridgehead atoms. The molecule has 0 amide bonds. The number of fused-ring (bicyclic) bond motifs is 13. The fourth-order valence-corrected chi connectivity index (χ4v) is 12.3. The van der Waals surface area contributed by atoms with Gasteiger partial charge in [-0.2, -0.15) is 0 Å². The highest BCUT2D eigenvalue weighted by molar-refractivity contribution is 6.31. The largest absolute Gasteiger partial charge is 0.456 e. The Morgan fingerprint density at radius 2 is 0.701 bits per heavy atom. The zero-order valence-electron chi connectivity index (χ0n) is 43.1. The van der Waals surface area contributed by atoms with Crippen LogP contribution in [0, 0.1) is 27.7 Å². The van der Waals surface area contributed by atoms with E-state index in [0.29, 0.717) is 0 Å². The molecule has 3 aromatic heterocycles. The highest BCUT2D eigenvalue weighted by Gasteiger charge is 2.28. The maximum Gasteiger partial charge on any atom is 0.159 e. The average Bonchev–Trinajstić information content (AvgIpc) is 4.26. The summed E-state index contributed by atoms with van der Waals surface area (Å²) in [6.45, 7) is 8.70. The third-order valence-corrected chi connectivity index (χ3v) is 15.7. The van der Waals surface area contributed by atoms with Gasteiger partial charge in [0.05, 0.1) is 22.7 Å². The summed E-state index contributed by atoms with van der Waals surface area (Å²) in [4.78, 5) is 4.78. The molecule has 0 spiro atoms. The van der Waals surface area contributed by atoms with Gasteiger partial charge in [0.2, 0.25) is 0 Å². The van der Waals surface area contributed by atoms with Gasteiger partial charge in [-0.05, 0) is 102 Å². The molecule has 0 saturated heterocycles. The first kappa shape index (κ1) is 44.6. The summed E-state index contributed by atoms with van der Waals surface area (Å²) in [5.41, 5.74) is 19.9. The fourth-order valence-electron chi connectivity index (χ4n) is 12.3. The molecule has 0 atom stereocenters. The van der Waals surface area contributed by atoms with Crippen LogP contribution in [0.2, 0.25) is 0 Å². The Labute approximate surface area is 445 Å². The van der Waals surface area contributed by atoms with Gasteiger partial charge in [-0.1, -0.05) is 188 Å². The highest BCUT2D eigenvalue weighted by Crippen LogP contribution is 2.52. The lowest BCUT2D eigenvalue weighted by molar-refractivity contribution is 0.668. The molecule has 5 nitrogen and oxygen atoms in total. The molecular formula is C72H50N2O3. The second-order valence-corrected chi connectivity index (χ2v) is 20.6. The topological polar surface area (TPSA) is 45.9 Å². The maximum atomic E-state index is 7.40. The number of benzene rings is 12. The fraction of sp³-hybridized carbons (Fsp3) is 0.0556. The van der Waals surface area contributed by atoms with E-state index in [-0.39, 0.29) is 0 Å². The minimum absolute atomic E-state index is 0.791. The number of furan rings is 3. The van der Waals surface area contributed by atoms with E-state index in [1.807, 2.05) is 0 Å². The van der Waals surface area contributed by atoms with Crippen molar-refractivity contribution in [2.75, 3.05) is 9.80 Å². The number of hydrogen-bond donors (Lipinski definition) is 0. The van der Waals surface area contributed by atoms with Crippen molar-refractivity contribution in [2.45, 2.75) is 27.7 Å². The Morgan fingerprint density at radius 1 is 0.273 bits per heavy atom. The van der Waals surface area contributed by atoms with Gasteiger partial charge in [-0.15, -0.1) is 0 Å². The monoisotopic (exact) mass is 990 g/mol. The molecule has 0 aliphatic heterocycles. The number of rotatable bonds is 8. The van der Waals surface area contributed by atoms with Crippen LogP contribution in [0.5, 0.6) is 0 Å². The van der Waals surface area contributed by atoms with Crippen LogP contribution in [0.4, 0.5) is 34.1 Å². The molecule has 366 valence electrons. The van der Waals surface area contributed by atoms with Crippen molar-refractivity contribution in [3.8, 4) is 22.3 Å². The van der Waals surface area contributed by atoms with Gasteiger partial charge < -0.3 is 23.1 Å². The van der Waals surface area contributed by atoms with E-state index in [0.717, 1.165) is 155 Å². The van der Waals surface area contributed by atoms with E-state index >= 15 is 0 Å². The second kappa shape index (κ2) is 17.4. The molecule has 0 aliphatic carbocycles. The van der Waals surface area contributed by atoms with Crippen molar-refractivity contribution < 1.29 is 13.3 Å². The Morgan fingerprint density at radius 3 is 1.22 bits per heavy atom.